The number of rotatable bonds is 6. The second kappa shape index (κ2) is 8.31. The second-order valence-corrected chi connectivity index (χ2v) is 5.25. The van der Waals surface area contributed by atoms with E-state index in [4.69, 9.17) is 4.74 Å². The van der Waals surface area contributed by atoms with Gasteiger partial charge in [-0.1, -0.05) is 0 Å². The third kappa shape index (κ3) is 5.86. The molecular weight excluding hydrogens is 292 g/mol. The molecule has 7 heteroatoms. The van der Waals surface area contributed by atoms with Crippen LogP contribution in [0, 0.1) is 0 Å². The zero-order valence-electron chi connectivity index (χ0n) is 12.2. The highest BCUT2D eigenvalue weighted by Crippen LogP contribution is 2.15. The minimum absolute atomic E-state index is 0.119. The number of carbonyl (C=O) groups is 3. The maximum Gasteiger partial charge on any atom is 0.338 e. The number of esters is 1. The van der Waals surface area contributed by atoms with Crippen LogP contribution in [0.5, 0.6) is 0 Å². The van der Waals surface area contributed by atoms with Crippen LogP contribution in [-0.4, -0.2) is 56.2 Å². The van der Waals surface area contributed by atoms with Gasteiger partial charge in [-0.05, 0) is 30.5 Å². The van der Waals surface area contributed by atoms with Crippen molar-refractivity contribution in [2.24, 2.45) is 0 Å². The zero-order valence-corrected chi connectivity index (χ0v) is 13.0. The van der Waals surface area contributed by atoms with E-state index in [1.807, 2.05) is 6.26 Å². The lowest BCUT2D eigenvalue weighted by molar-refractivity contribution is -0.131. The summed E-state index contributed by atoms with van der Waals surface area (Å²) >= 11 is 1.57. The Morgan fingerprint density at radius 2 is 1.81 bits per heavy atom. The van der Waals surface area contributed by atoms with Gasteiger partial charge in [-0.25, -0.2) is 4.79 Å². The number of nitrogens with zero attached hydrogens (tertiary/aromatic N) is 1. The van der Waals surface area contributed by atoms with Crippen molar-refractivity contribution in [2.45, 2.75) is 4.90 Å². The first-order chi connectivity index (χ1) is 9.93. The third-order valence-corrected chi connectivity index (χ3v) is 3.34. The van der Waals surface area contributed by atoms with Crippen LogP contribution in [0.15, 0.2) is 29.2 Å². The van der Waals surface area contributed by atoms with E-state index >= 15 is 0 Å². The molecule has 0 aliphatic heterocycles. The van der Waals surface area contributed by atoms with Crippen molar-refractivity contribution >= 4 is 29.5 Å². The first kappa shape index (κ1) is 17.0. The number of hydrogen-bond acceptors (Lipinski definition) is 5. The molecule has 0 aliphatic rings. The average molecular weight is 310 g/mol. The molecule has 0 aliphatic carbocycles. The number of nitrogens with one attached hydrogen (secondary N) is 1. The summed E-state index contributed by atoms with van der Waals surface area (Å²) in [6.07, 6.45) is 1.94. The molecule has 114 valence electrons. The van der Waals surface area contributed by atoms with E-state index in [1.165, 1.54) is 4.90 Å². The summed E-state index contributed by atoms with van der Waals surface area (Å²) in [7, 11) is 3.18. The predicted octanol–water partition coefficient (Wildman–Crippen LogP) is 0.770. The van der Waals surface area contributed by atoms with Crippen LogP contribution < -0.4 is 5.32 Å². The number of benzene rings is 1. The molecule has 0 bridgehead atoms. The first-order valence-corrected chi connectivity index (χ1v) is 7.44. The van der Waals surface area contributed by atoms with Crippen molar-refractivity contribution < 1.29 is 19.1 Å². The lowest BCUT2D eigenvalue weighted by Gasteiger charge is -2.11. The van der Waals surface area contributed by atoms with Crippen molar-refractivity contribution in [3.8, 4) is 0 Å². The summed E-state index contributed by atoms with van der Waals surface area (Å²) < 4.78 is 4.87. The van der Waals surface area contributed by atoms with Gasteiger partial charge in [-0.2, -0.15) is 0 Å². The van der Waals surface area contributed by atoms with Crippen molar-refractivity contribution in [3.05, 3.63) is 29.8 Å². The van der Waals surface area contributed by atoms with E-state index in [-0.39, 0.29) is 12.5 Å². The van der Waals surface area contributed by atoms with E-state index in [0.29, 0.717) is 5.56 Å². The largest absolute Gasteiger partial charge is 0.452 e. The van der Waals surface area contributed by atoms with Gasteiger partial charge in [0.2, 0.25) is 5.91 Å². The molecule has 0 aromatic heterocycles. The summed E-state index contributed by atoms with van der Waals surface area (Å²) in [6.45, 7) is -0.532. The van der Waals surface area contributed by atoms with Crippen molar-refractivity contribution in [1.82, 2.24) is 10.2 Å². The molecule has 21 heavy (non-hydrogen) atoms. The maximum absolute atomic E-state index is 11.7. The fraction of sp³-hybridized carbons (Fsp3) is 0.357. The number of hydrogen-bond donors (Lipinski definition) is 1. The molecule has 2 amide bonds. The van der Waals surface area contributed by atoms with E-state index < -0.39 is 18.5 Å². The van der Waals surface area contributed by atoms with Crippen LogP contribution in [-0.2, 0) is 14.3 Å². The Bertz CT molecular complexity index is 514. The molecule has 0 radical (unpaired) electrons. The highest BCUT2D eigenvalue weighted by Gasteiger charge is 2.11. The Morgan fingerprint density at radius 1 is 1.19 bits per heavy atom. The molecule has 0 saturated heterocycles. The van der Waals surface area contributed by atoms with E-state index in [9.17, 15) is 14.4 Å². The van der Waals surface area contributed by atoms with Crippen LogP contribution in [0.4, 0.5) is 0 Å². The number of thioether (sulfide) groups is 1. The van der Waals surface area contributed by atoms with Gasteiger partial charge in [0.25, 0.3) is 5.91 Å². The quantitative estimate of drug-likeness (QED) is 0.620. The summed E-state index contributed by atoms with van der Waals surface area (Å²) in [5.74, 6) is -1.32. The monoisotopic (exact) mass is 310 g/mol. The summed E-state index contributed by atoms with van der Waals surface area (Å²) in [5.41, 5.74) is 0.380. The van der Waals surface area contributed by atoms with E-state index in [2.05, 4.69) is 5.32 Å². The number of amides is 2. The normalized spacial score (nSPS) is 9.86. The lowest BCUT2D eigenvalue weighted by atomic mass is 10.2. The van der Waals surface area contributed by atoms with Crippen LogP contribution in [0.1, 0.15) is 10.4 Å². The Balaban J connectivity index is 2.38. The van der Waals surface area contributed by atoms with E-state index in [1.54, 1.807) is 50.1 Å². The van der Waals surface area contributed by atoms with Gasteiger partial charge in [0, 0.05) is 19.0 Å². The first-order valence-electron chi connectivity index (χ1n) is 6.22. The lowest BCUT2D eigenvalue weighted by Crippen LogP contribution is -2.38. The summed E-state index contributed by atoms with van der Waals surface area (Å²) in [5, 5.41) is 2.38. The van der Waals surface area contributed by atoms with Gasteiger partial charge < -0.3 is 15.0 Å². The van der Waals surface area contributed by atoms with Crippen LogP contribution >= 0.6 is 11.8 Å². The Hall–Kier alpha value is -2.02. The zero-order chi connectivity index (χ0) is 15.8. The van der Waals surface area contributed by atoms with Gasteiger partial charge in [0.1, 0.15) is 0 Å². The summed E-state index contributed by atoms with van der Waals surface area (Å²) in [6, 6.07) is 6.89. The predicted molar refractivity (Wildman–Crippen MR) is 80.2 cm³/mol. The standard InChI is InChI=1S/C14H18N2O4S/c1-16(2)13(18)8-15-12(17)9-20-14(19)10-4-6-11(21-3)7-5-10/h4-7H,8-9H2,1-3H3,(H,15,17). The molecule has 1 N–H and O–H groups in total. The fourth-order valence-electron chi connectivity index (χ4n) is 1.32. The number of carbonyl (C=O) groups excluding carboxylic acids is 3. The minimum Gasteiger partial charge on any atom is -0.452 e. The van der Waals surface area contributed by atoms with Crippen molar-refractivity contribution in [2.75, 3.05) is 33.5 Å². The molecule has 1 aromatic carbocycles. The molecule has 0 atom stereocenters. The van der Waals surface area contributed by atoms with E-state index in [0.717, 1.165) is 4.90 Å². The van der Waals surface area contributed by atoms with Crippen molar-refractivity contribution in [1.29, 1.82) is 0 Å². The Labute approximate surface area is 127 Å². The van der Waals surface area contributed by atoms with Gasteiger partial charge in [-0.15, -0.1) is 11.8 Å². The van der Waals surface area contributed by atoms with Crippen molar-refractivity contribution in [3.63, 3.8) is 0 Å². The average Bonchev–Trinajstić information content (AvgIpc) is 2.50. The molecule has 0 unspecified atom stereocenters. The molecular formula is C14H18N2O4S. The highest BCUT2D eigenvalue weighted by atomic mass is 32.2. The number of ether oxygens (including phenoxy) is 1. The second-order valence-electron chi connectivity index (χ2n) is 4.37. The molecule has 0 saturated carbocycles. The van der Waals surface area contributed by atoms with Crippen LogP contribution in [0.25, 0.3) is 0 Å². The minimum atomic E-state index is -0.572. The van der Waals surface area contributed by atoms with Crippen LogP contribution in [0.3, 0.4) is 0 Å². The summed E-state index contributed by atoms with van der Waals surface area (Å²) in [4.78, 5) is 36.8. The Morgan fingerprint density at radius 3 is 2.33 bits per heavy atom. The molecule has 0 spiro atoms. The Kier molecular flexibility index (Phi) is 6.74. The molecule has 0 heterocycles. The smallest absolute Gasteiger partial charge is 0.338 e. The van der Waals surface area contributed by atoms with Crippen LogP contribution in [0.2, 0.25) is 0 Å². The van der Waals surface area contributed by atoms with Gasteiger partial charge in [0.05, 0.1) is 12.1 Å². The fourth-order valence-corrected chi connectivity index (χ4v) is 1.73. The molecule has 0 fully saturated rings. The highest BCUT2D eigenvalue weighted by molar-refractivity contribution is 7.98. The SMILES string of the molecule is CSc1ccc(C(=O)OCC(=O)NCC(=O)N(C)C)cc1. The molecule has 1 aromatic rings. The molecule has 6 nitrogen and oxygen atoms in total. The third-order valence-electron chi connectivity index (χ3n) is 2.60. The van der Waals surface area contributed by atoms with Gasteiger partial charge in [-0.3, -0.25) is 9.59 Å². The van der Waals surface area contributed by atoms with Gasteiger partial charge >= 0.3 is 5.97 Å². The molecule has 1 rings (SSSR count). The topological polar surface area (TPSA) is 75.7 Å². The van der Waals surface area contributed by atoms with Gasteiger partial charge in [0.15, 0.2) is 6.61 Å². The maximum atomic E-state index is 11.7. The number of likely N-dealkylation sites (N-methyl/N-ethyl adjacent to an activating group) is 1.